The molecule has 1 saturated carbocycles. The minimum absolute atomic E-state index is 0.0405. The van der Waals surface area contributed by atoms with Crippen LogP contribution in [0.15, 0.2) is 12.1 Å². The molecule has 17 heavy (non-hydrogen) atoms. The molecule has 1 aromatic carbocycles. The summed E-state index contributed by atoms with van der Waals surface area (Å²) in [6.07, 6.45) is 2.20. The Morgan fingerprint density at radius 3 is 2.29 bits per heavy atom. The van der Waals surface area contributed by atoms with Gasteiger partial charge in [-0.05, 0) is 62.4 Å². The largest absolute Gasteiger partial charge is 0.496 e. The van der Waals surface area contributed by atoms with Gasteiger partial charge < -0.3 is 9.84 Å². The predicted octanol–water partition coefficient (Wildman–Crippen LogP) is 3.32. The van der Waals surface area contributed by atoms with E-state index >= 15 is 0 Å². The summed E-state index contributed by atoms with van der Waals surface area (Å²) in [6, 6.07) is 4.09. The molecule has 0 radical (unpaired) electrons. The SMILES string of the molecule is COc1cc(C)c(C(C)(O)C2(C)CC2)cc1C. The van der Waals surface area contributed by atoms with Gasteiger partial charge in [0.25, 0.3) is 0 Å². The van der Waals surface area contributed by atoms with E-state index in [4.69, 9.17) is 4.74 Å². The third-order valence-corrected chi connectivity index (χ3v) is 4.44. The predicted molar refractivity (Wildman–Crippen MR) is 69.4 cm³/mol. The summed E-state index contributed by atoms with van der Waals surface area (Å²) >= 11 is 0. The first-order valence-electron chi connectivity index (χ1n) is 6.20. The van der Waals surface area contributed by atoms with E-state index in [1.54, 1.807) is 7.11 Å². The molecule has 2 rings (SSSR count). The van der Waals surface area contributed by atoms with E-state index in [0.717, 1.165) is 35.3 Å². The summed E-state index contributed by atoms with van der Waals surface area (Å²) in [5, 5.41) is 10.8. The molecule has 1 unspecified atom stereocenters. The highest BCUT2D eigenvalue weighted by Gasteiger charge is 2.53. The first-order chi connectivity index (χ1) is 7.82. The minimum atomic E-state index is -0.742. The van der Waals surface area contributed by atoms with Gasteiger partial charge in [0.05, 0.1) is 12.7 Å². The van der Waals surface area contributed by atoms with Crippen LogP contribution >= 0.6 is 0 Å². The summed E-state index contributed by atoms with van der Waals surface area (Å²) in [7, 11) is 1.68. The van der Waals surface area contributed by atoms with Gasteiger partial charge in [-0.15, -0.1) is 0 Å². The number of aryl methyl sites for hydroxylation is 2. The lowest BCUT2D eigenvalue weighted by Crippen LogP contribution is -2.32. The van der Waals surface area contributed by atoms with E-state index in [1.165, 1.54) is 0 Å². The second-order valence-corrected chi connectivity index (χ2v) is 5.77. The Morgan fingerprint density at radius 2 is 1.82 bits per heavy atom. The van der Waals surface area contributed by atoms with Crippen molar-refractivity contribution in [1.82, 2.24) is 0 Å². The van der Waals surface area contributed by atoms with Crippen LogP contribution in [0.5, 0.6) is 5.75 Å². The van der Waals surface area contributed by atoms with Crippen LogP contribution in [0.4, 0.5) is 0 Å². The maximum absolute atomic E-state index is 10.8. The number of methoxy groups -OCH3 is 1. The molecule has 94 valence electrons. The molecule has 2 nitrogen and oxygen atoms in total. The van der Waals surface area contributed by atoms with E-state index in [9.17, 15) is 5.11 Å². The summed E-state index contributed by atoms with van der Waals surface area (Å²) < 4.78 is 5.31. The Labute approximate surface area is 104 Å². The van der Waals surface area contributed by atoms with Gasteiger partial charge in [0.1, 0.15) is 5.75 Å². The van der Waals surface area contributed by atoms with Gasteiger partial charge in [-0.2, -0.15) is 0 Å². The molecule has 1 aliphatic rings. The smallest absolute Gasteiger partial charge is 0.122 e. The molecule has 2 heteroatoms. The number of hydrogen-bond donors (Lipinski definition) is 1. The van der Waals surface area contributed by atoms with Crippen molar-refractivity contribution in [3.8, 4) is 5.75 Å². The lowest BCUT2D eigenvalue weighted by molar-refractivity contribution is -0.0132. The second kappa shape index (κ2) is 3.74. The molecule has 1 N–H and O–H groups in total. The lowest BCUT2D eigenvalue weighted by Gasteiger charge is -2.33. The highest BCUT2D eigenvalue weighted by molar-refractivity contribution is 5.45. The van der Waals surface area contributed by atoms with E-state index < -0.39 is 5.60 Å². The molecule has 1 aliphatic carbocycles. The minimum Gasteiger partial charge on any atom is -0.496 e. The van der Waals surface area contributed by atoms with Gasteiger partial charge >= 0.3 is 0 Å². The molecule has 1 aromatic rings. The fourth-order valence-electron chi connectivity index (χ4n) is 2.53. The van der Waals surface area contributed by atoms with Gasteiger partial charge in [0, 0.05) is 5.41 Å². The van der Waals surface area contributed by atoms with Crippen molar-refractivity contribution >= 4 is 0 Å². The van der Waals surface area contributed by atoms with Crippen LogP contribution in [-0.4, -0.2) is 12.2 Å². The number of hydrogen-bond acceptors (Lipinski definition) is 2. The van der Waals surface area contributed by atoms with Crippen LogP contribution in [-0.2, 0) is 5.60 Å². The first kappa shape index (κ1) is 12.4. The van der Waals surface area contributed by atoms with Crippen molar-refractivity contribution in [2.75, 3.05) is 7.11 Å². The van der Waals surface area contributed by atoms with Crippen molar-refractivity contribution in [1.29, 1.82) is 0 Å². The average Bonchev–Trinajstić information content (AvgIpc) is 3.01. The fourth-order valence-corrected chi connectivity index (χ4v) is 2.53. The Kier molecular flexibility index (Phi) is 2.74. The van der Waals surface area contributed by atoms with Crippen LogP contribution in [0.25, 0.3) is 0 Å². The molecule has 0 saturated heterocycles. The average molecular weight is 234 g/mol. The molecule has 0 spiro atoms. The Balaban J connectivity index is 2.49. The molecular formula is C15H22O2. The van der Waals surface area contributed by atoms with Gasteiger partial charge in [0.2, 0.25) is 0 Å². The third kappa shape index (κ3) is 1.85. The zero-order chi connectivity index (χ0) is 12.8. The molecule has 1 atom stereocenters. The van der Waals surface area contributed by atoms with Crippen molar-refractivity contribution in [2.24, 2.45) is 5.41 Å². The van der Waals surface area contributed by atoms with Gasteiger partial charge in [0.15, 0.2) is 0 Å². The molecular weight excluding hydrogens is 212 g/mol. The summed E-state index contributed by atoms with van der Waals surface area (Å²) in [4.78, 5) is 0. The van der Waals surface area contributed by atoms with E-state index in [-0.39, 0.29) is 5.41 Å². The van der Waals surface area contributed by atoms with Gasteiger partial charge in [-0.3, -0.25) is 0 Å². The van der Waals surface area contributed by atoms with Gasteiger partial charge in [-0.25, -0.2) is 0 Å². The second-order valence-electron chi connectivity index (χ2n) is 5.77. The Bertz CT molecular complexity index is 442. The maximum Gasteiger partial charge on any atom is 0.122 e. The van der Waals surface area contributed by atoms with Crippen LogP contribution in [0, 0.1) is 19.3 Å². The standard InChI is InChI=1S/C15H22O2/c1-10-9-13(17-5)11(2)8-12(10)15(4,16)14(3)6-7-14/h8-9,16H,6-7H2,1-5H3. The van der Waals surface area contributed by atoms with Crippen LogP contribution in [0.2, 0.25) is 0 Å². The maximum atomic E-state index is 10.8. The Hall–Kier alpha value is -1.02. The normalized spacial score (nSPS) is 20.8. The molecule has 0 aromatic heterocycles. The Morgan fingerprint density at radius 1 is 1.24 bits per heavy atom. The molecule has 0 aliphatic heterocycles. The number of ether oxygens (including phenoxy) is 1. The van der Waals surface area contributed by atoms with Crippen LogP contribution < -0.4 is 4.74 Å². The summed E-state index contributed by atoms with van der Waals surface area (Å²) in [5.41, 5.74) is 2.52. The summed E-state index contributed by atoms with van der Waals surface area (Å²) in [6.45, 7) is 8.16. The third-order valence-electron chi connectivity index (χ3n) is 4.44. The molecule has 0 amide bonds. The topological polar surface area (TPSA) is 29.5 Å². The highest BCUT2D eigenvalue weighted by atomic mass is 16.5. The van der Waals surface area contributed by atoms with Crippen LogP contribution in [0.3, 0.4) is 0 Å². The number of benzene rings is 1. The van der Waals surface area contributed by atoms with E-state index in [2.05, 4.69) is 13.0 Å². The first-order valence-corrected chi connectivity index (χ1v) is 6.20. The van der Waals surface area contributed by atoms with Crippen molar-refractivity contribution in [3.63, 3.8) is 0 Å². The number of rotatable bonds is 3. The van der Waals surface area contributed by atoms with Crippen LogP contribution in [0.1, 0.15) is 43.4 Å². The lowest BCUT2D eigenvalue weighted by atomic mass is 9.79. The fraction of sp³-hybridized carbons (Fsp3) is 0.600. The molecule has 0 bridgehead atoms. The zero-order valence-electron chi connectivity index (χ0n) is 11.4. The molecule has 1 fully saturated rings. The highest BCUT2D eigenvalue weighted by Crippen LogP contribution is 2.58. The van der Waals surface area contributed by atoms with Crippen molar-refractivity contribution in [2.45, 2.75) is 46.1 Å². The monoisotopic (exact) mass is 234 g/mol. The zero-order valence-corrected chi connectivity index (χ0v) is 11.4. The molecule has 0 heterocycles. The van der Waals surface area contributed by atoms with E-state index in [0.29, 0.717) is 0 Å². The van der Waals surface area contributed by atoms with Gasteiger partial charge in [-0.1, -0.05) is 6.92 Å². The van der Waals surface area contributed by atoms with Crippen molar-refractivity contribution in [3.05, 3.63) is 28.8 Å². The summed E-state index contributed by atoms with van der Waals surface area (Å²) in [5.74, 6) is 0.892. The quantitative estimate of drug-likeness (QED) is 0.869. The van der Waals surface area contributed by atoms with Crippen molar-refractivity contribution < 1.29 is 9.84 Å². The number of aliphatic hydroxyl groups is 1. The van der Waals surface area contributed by atoms with E-state index in [1.807, 2.05) is 26.8 Å².